The normalized spacial score (nSPS) is 21.7. The van der Waals surface area contributed by atoms with Gasteiger partial charge >= 0.3 is 0 Å². The van der Waals surface area contributed by atoms with E-state index >= 15 is 0 Å². The van der Waals surface area contributed by atoms with Crippen molar-refractivity contribution in [2.24, 2.45) is 4.99 Å². The molecule has 2 aromatic carbocycles. The number of hydrogen-bond donors (Lipinski definition) is 1. The van der Waals surface area contributed by atoms with Crippen LogP contribution in [0, 0.1) is 27.7 Å². The number of hydrogen-bond acceptors (Lipinski definition) is 6. The van der Waals surface area contributed by atoms with Crippen molar-refractivity contribution < 1.29 is 13.2 Å². The maximum atomic E-state index is 12.6. The van der Waals surface area contributed by atoms with Gasteiger partial charge < -0.3 is 10.2 Å². The fraction of sp³-hybridized carbons (Fsp3) is 0.391. The van der Waals surface area contributed by atoms with E-state index in [1.165, 1.54) is 11.8 Å². The summed E-state index contributed by atoms with van der Waals surface area (Å²) in [6.07, 6.45) is 0. The van der Waals surface area contributed by atoms with Gasteiger partial charge in [0.2, 0.25) is 5.91 Å². The lowest BCUT2D eigenvalue weighted by Crippen LogP contribution is -2.40. The molecule has 2 aliphatic heterocycles. The topological polar surface area (TPSA) is 78.8 Å². The highest BCUT2D eigenvalue weighted by Gasteiger charge is 2.47. The molecule has 31 heavy (non-hydrogen) atoms. The fourth-order valence-corrected chi connectivity index (χ4v) is 6.84. The second kappa shape index (κ2) is 8.31. The summed E-state index contributed by atoms with van der Waals surface area (Å²) in [5.74, 6) is 0.261. The van der Waals surface area contributed by atoms with Gasteiger partial charge in [0.1, 0.15) is 0 Å². The van der Waals surface area contributed by atoms with Gasteiger partial charge in [0, 0.05) is 11.4 Å². The summed E-state index contributed by atoms with van der Waals surface area (Å²) in [5, 5.41) is 3.70. The number of carbonyl (C=O) groups excluding carboxylic acids is 1. The maximum Gasteiger partial charge on any atom is 0.234 e. The molecule has 1 saturated heterocycles. The van der Waals surface area contributed by atoms with E-state index in [4.69, 9.17) is 4.99 Å². The zero-order valence-corrected chi connectivity index (χ0v) is 19.8. The average molecular weight is 458 g/mol. The lowest BCUT2D eigenvalue weighted by Gasteiger charge is -2.28. The molecule has 0 spiro atoms. The Morgan fingerprint density at radius 3 is 2.48 bits per heavy atom. The molecule has 2 heterocycles. The number of benzene rings is 2. The molecular weight excluding hydrogens is 430 g/mol. The molecule has 1 amide bonds. The van der Waals surface area contributed by atoms with E-state index in [-0.39, 0.29) is 35.2 Å². The summed E-state index contributed by atoms with van der Waals surface area (Å²) in [5.41, 5.74) is 6.03. The minimum Gasteiger partial charge on any atom is -0.325 e. The third kappa shape index (κ3) is 4.65. The molecule has 2 unspecified atom stereocenters. The van der Waals surface area contributed by atoms with Crippen LogP contribution in [-0.4, -0.2) is 48.8 Å². The van der Waals surface area contributed by atoms with Gasteiger partial charge in [0.05, 0.1) is 29.3 Å². The number of amidine groups is 1. The smallest absolute Gasteiger partial charge is 0.234 e. The zero-order chi connectivity index (χ0) is 22.3. The third-order valence-corrected chi connectivity index (χ3v) is 8.40. The summed E-state index contributed by atoms with van der Waals surface area (Å²) in [6, 6.07) is 11.6. The van der Waals surface area contributed by atoms with Crippen LogP contribution in [0.15, 0.2) is 41.4 Å². The van der Waals surface area contributed by atoms with Crippen LogP contribution < -0.4 is 10.2 Å². The Hall–Kier alpha value is -2.32. The lowest BCUT2D eigenvalue weighted by molar-refractivity contribution is -0.113. The van der Waals surface area contributed by atoms with Gasteiger partial charge in [-0.25, -0.2) is 8.42 Å². The van der Waals surface area contributed by atoms with E-state index in [0.29, 0.717) is 0 Å². The first kappa shape index (κ1) is 21.9. The Morgan fingerprint density at radius 1 is 1.06 bits per heavy atom. The number of thioether (sulfide) groups is 1. The van der Waals surface area contributed by atoms with E-state index in [1.54, 1.807) is 0 Å². The van der Waals surface area contributed by atoms with Gasteiger partial charge in [0.15, 0.2) is 15.0 Å². The van der Waals surface area contributed by atoms with E-state index < -0.39 is 9.84 Å². The number of aryl methyl sites for hydroxylation is 4. The minimum absolute atomic E-state index is 0.0672. The molecule has 0 saturated carbocycles. The fourth-order valence-electron chi connectivity index (χ4n) is 4.08. The van der Waals surface area contributed by atoms with Gasteiger partial charge in [-0.15, -0.1) is 0 Å². The SMILES string of the molecule is Cc1ccc(C)c(NC(=O)CSC2=NC3CS(=O)(=O)CC3N2c2cc(C)ccc2C)c1. The van der Waals surface area contributed by atoms with Crippen LogP contribution in [0.2, 0.25) is 0 Å². The van der Waals surface area contributed by atoms with Crippen LogP contribution in [0.1, 0.15) is 22.3 Å². The number of nitrogens with one attached hydrogen (secondary N) is 1. The standard InChI is InChI=1S/C23H27N3O3S2/c1-14-5-7-16(3)18(9-14)24-22(27)11-30-23-25-19-12-31(28,29)13-21(19)26(23)20-10-15(2)6-8-17(20)4/h5-10,19,21H,11-13H2,1-4H3,(H,24,27). The number of fused-ring (bicyclic) bond motifs is 1. The third-order valence-electron chi connectivity index (χ3n) is 5.73. The number of aliphatic imine (C=N–C) groups is 1. The number of rotatable bonds is 4. The molecule has 6 nitrogen and oxygen atoms in total. The van der Waals surface area contributed by atoms with Crippen LogP contribution in [-0.2, 0) is 14.6 Å². The van der Waals surface area contributed by atoms with Crippen molar-refractivity contribution in [1.29, 1.82) is 0 Å². The van der Waals surface area contributed by atoms with Gasteiger partial charge in [-0.2, -0.15) is 0 Å². The highest BCUT2D eigenvalue weighted by atomic mass is 32.2. The Bertz CT molecular complexity index is 1170. The Morgan fingerprint density at radius 2 is 1.74 bits per heavy atom. The Balaban J connectivity index is 1.55. The predicted octanol–water partition coefficient (Wildman–Crippen LogP) is 3.63. The second-order valence-electron chi connectivity index (χ2n) is 8.44. The van der Waals surface area contributed by atoms with Crippen LogP contribution in [0.25, 0.3) is 0 Å². The highest BCUT2D eigenvalue weighted by Crippen LogP contribution is 2.37. The summed E-state index contributed by atoms with van der Waals surface area (Å²) < 4.78 is 24.5. The predicted molar refractivity (Wildman–Crippen MR) is 129 cm³/mol. The Kier molecular flexibility index (Phi) is 5.87. The largest absolute Gasteiger partial charge is 0.325 e. The van der Waals surface area contributed by atoms with Crippen molar-refractivity contribution in [3.05, 3.63) is 58.7 Å². The molecule has 0 aromatic heterocycles. The molecule has 164 valence electrons. The van der Waals surface area contributed by atoms with Crippen molar-refractivity contribution >= 4 is 44.0 Å². The molecule has 8 heteroatoms. The van der Waals surface area contributed by atoms with E-state index in [0.717, 1.165) is 38.8 Å². The Labute approximate surface area is 188 Å². The van der Waals surface area contributed by atoms with E-state index in [1.807, 2.05) is 62.9 Å². The number of nitrogens with zero attached hydrogens (tertiary/aromatic N) is 2. The number of amides is 1. The van der Waals surface area contributed by atoms with Gasteiger partial charge in [-0.3, -0.25) is 9.79 Å². The molecule has 4 rings (SSSR count). The zero-order valence-electron chi connectivity index (χ0n) is 18.2. The van der Waals surface area contributed by atoms with Crippen LogP contribution >= 0.6 is 11.8 Å². The molecular formula is C23H27N3O3S2. The van der Waals surface area contributed by atoms with Crippen LogP contribution in [0.3, 0.4) is 0 Å². The molecule has 0 bridgehead atoms. The molecule has 0 aliphatic carbocycles. The first-order valence-electron chi connectivity index (χ1n) is 10.3. The van der Waals surface area contributed by atoms with E-state index in [9.17, 15) is 13.2 Å². The first-order chi connectivity index (χ1) is 14.6. The molecule has 1 fully saturated rings. The summed E-state index contributed by atoms with van der Waals surface area (Å²) >= 11 is 1.36. The van der Waals surface area contributed by atoms with Crippen molar-refractivity contribution in [2.75, 3.05) is 27.5 Å². The molecule has 0 radical (unpaired) electrons. The molecule has 2 aromatic rings. The first-order valence-corrected chi connectivity index (χ1v) is 13.1. The van der Waals surface area contributed by atoms with Crippen LogP contribution in [0.4, 0.5) is 11.4 Å². The highest BCUT2D eigenvalue weighted by molar-refractivity contribution is 8.14. The molecule has 2 atom stereocenters. The molecule has 2 aliphatic rings. The van der Waals surface area contributed by atoms with Crippen molar-refractivity contribution in [3.8, 4) is 0 Å². The van der Waals surface area contributed by atoms with Gasteiger partial charge in [-0.1, -0.05) is 36.0 Å². The monoisotopic (exact) mass is 457 g/mol. The molecule has 1 N–H and O–H groups in total. The number of anilines is 2. The summed E-state index contributed by atoms with van der Waals surface area (Å²) in [4.78, 5) is 19.4. The van der Waals surface area contributed by atoms with Crippen molar-refractivity contribution in [3.63, 3.8) is 0 Å². The lowest BCUT2D eigenvalue weighted by atomic mass is 10.1. The van der Waals surface area contributed by atoms with E-state index in [2.05, 4.69) is 11.4 Å². The van der Waals surface area contributed by atoms with Crippen LogP contribution in [0.5, 0.6) is 0 Å². The average Bonchev–Trinajstić information content (AvgIpc) is 3.16. The number of sulfone groups is 1. The number of carbonyl (C=O) groups is 1. The van der Waals surface area contributed by atoms with Crippen molar-refractivity contribution in [2.45, 2.75) is 39.8 Å². The quantitative estimate of drug-likeness (QED) is 0.758. The van der Waals surface area contributed by atoms with Gasteiger partial charge in [-0.05, 0) is 62.1 Å². The summed E-state index contributed by atoms with van der Waals surface area (Å²) in [6.45, 7) is 7.99. The van der Waals surface area contributed by atoms with Crippen molar-refractivity contribution in [1.82, 2.24) is 0 Å². The maximum absolute atomic E-state index is 12.6. The second-order valence-corrected chi connectivity index (χ2v) is 11.5. The summed E-state index contributed by atoms with van der Waals surface area (Å²) in [7, 11) is -3.11. The minimum atomic E-state index is -3.11. The van der Waals surface area contributed by atoms with Gasteiger partial charge in [0.25, 0.3) is 0 Å².